The quantitative estimate of drug-likeness (QED) is 0.614. The summed E-state index contributed by atoms with van der Waals surface area (Å²) < 4.78 is 5.89. The SMILES string of the molecule is Oc1ccc(-c2noc(-c3cc(Br)ccc3O)n2)cc1O. The van der Waals surface area contributed by atoms with Crippen LogP contribution in [0.15, 0.2) is 45.4 Å². The van der Waals surface area contributed by atoms with Crippen molar-refractivity contribution < 1.29 is 19.8 Å². The second-order valence-corrected chi connectivity index (χ2v) is 5.20. The number of aromatic nitrogens is 2. The topological polar surface area (TPSA) is 99.6 Å². The maximum atomic E-state index is 9.83. The molecule has 0 unspecified atom stereocenters. The molecule has 0 saturated heterocycles. The molecule has 3 aromatic rings. The van der Waals surface area contributed by atoms with Gasteiger partial charge in [0.2, 0.25) is 5.82 Å². The van der Waals surface area contributed by atoms with E-state index in [2.05, 4.69) is 26.1 Å². The third kappa shape index (κ3) is 2.55. The van der Waals surface area contributed by atoms with Gasteiger partial charge in [0, 0.05) is 10.0 Å². The monoisotopic (exact) mass is 348 g/mol. The van der Waals surface area contributed by atoms with E-state index in [0.717, 1.165) is 4.47 Å². The molecule has 1 aromatic heterocycles. The van der Waals surface area contributed by atoms with Crippen LogP contribution in [-0.4, -0.2) is 25.5 Å². The fourth-order valence-corrected chi connectivity index (χ4v) is 2.15. The summed E-state index contributed by atoms with van der Waals surface area (Å²) in [5.74, 6) is -0.103. The maximum Gasteiger partial charge on any atom is 0.262 e. The first-order valence-corrected chi connectivity index (χ1v) is 6.69. The lowest BCUT2D eigenvalue weighted by Gasteiger charge is -1.99. The van der Waals surface area contributed by atoms with Crippen molar-refractivity contribution in [2.45, 2.75) is 0 Å². The molecule has 7 heteroatoms. The minimum Gasteiger partial charge on any atom is -0.507 e. The Balaban J connectivity index is 2.03. The van der Waals surface area contributed by atoms with E-state index in [9.17, 15) is 15.3 Å². The second-order valence-electron chi connectivity index (χ2n) is 4.29. The van der Waals surface area contributed by atoms with Gasteiger partial charge in [0.05, 0.1) is 5.56 Å². The lowest BCUT2D eigenvalue weighted by Crippen LogP contribution is -1.82. The van der Waals surface area contributed by atoms with Crippen LogP contribution in [0.5, 0.6) is 17.2 Å². The minimum atomic E-state index is -0.274. The van der Waals surface area contributed by atoms with E-state index in [0.29, 0.717) is 11.1 Å². The normalized spacial score (nSPS) is 10.7. The van der Waals surface area contributed by atoms with Crippen molar-refractivity contribution in [2.75, 3.05) is 0 Å². The van der Waals surface area contributed by atoms with Gasteiger partial charge in [-0.3, -0.25) is 0 Å². The molecule has 0 amide bonds. The van der Waals surface area contributed by atoms with Gasteiger partial charge >= 0.3 is 0 Å². The number of benzene rings is 2. The Kier molecular flexibility index (Phi) is 3.26. The van der Waals surface area contributed by atoms with Crippen LogP contribution in [0.25, 0.3) is 22.8 Å². The Morgan fingerprint density at radius 2 is 1.67 bits per heavy atom. The van der Waals surface area contributed by atoms with E-state index in [-0.39, 0.29) is 29.0 Å². The fourth-order valence-electron chi connectivity index (χ4n) is 1.79. The van der Waals surface area contributed by atoms with E-state index in [4.69, 9.17) is 4.52 Å². The van der Waals surface area contributed by atoms with E-state index in [1.807, 2.05) is 0 Å². The largest absolute Gasteiger partial charge is 0.507 e. The van der Waals surface area contributed by atoms with Crippen molar-refractivity contribution >= 4 is 15.9 Å². The predicted molar refractivity (Wildman–Crippen MR) is 77.9 cm³/mol. The average molecular weight is 349 g/mol. The number of rotatable bonds is 2. The Morgan fingerprint density at radius 1 is 0.905 bits per heavy atom. The van der Waals surface area contributed by atoms with Crippen molar-refractivity contribution in [1.29, 1.82) is 0 Å². The molecule has 0 atom stereocenters. The molecule has 0 aliphatic heterocycles. The molecular weight excluding hydrogens is 340 g/mol. The summed E-state index contributed by atoms with van der Waals surface area (Å²) in [6.45, 7) is 0. The first-order chi connectivity index (χ1) is 10.0. The van der Waals surface area contributed by atoms with E-state index >= 15 is 0 Å². The van der Waals surface area contributed by atoms with Crippen LogP contribution in [0.3, 0.4) is 0 Å². The molecule has 0 aliphatic rings. The zero-order valence-corrected chi connectivity index (χ0v) is 12.1. The van der Waals surface area contributed by atoms with Crippen LogP contribution in [0.2, 0.25) is 0 Å². The van der Waals surface area contributed by atoms with Crippen molar-refractivity contribution in [3.63, 3.8) is 0 Å². The molecule has 6 nitrogen and oxygen atoms in total. The summed E-state index contributed by atoms with van der Waals surface area (Å²) in [6.07, 6.45) is 0. The van der Waals surface area contributed by atoms with Crippen molar-refractivity contribution in [3.8, 4) is 40.1 Å². The highest BCUT2D eigenvalue weighted by Gasteiger charge is 2.15. The van der Waals surface area contributed by atoms with Gasteiger partial charge in [0.15, 0.2) is 11.5 Å². The standard InChI is InChI=1S/C14H9BrN2O4/c15-8-2-4-10(18)9(6-8)14-16-13(17-21-14)7-1-3-11(19)12(20)5-7/h1-6,18-20H. The third-order valence-electron chi connectivity index (χ3n) is 2.85. The number of hydrogen-bond acceptors (Lipinski definition) is 6. The van der Waals surface area contributed by atoms with Crippen LogP contribution in [-0.2, 0) is 0 Å². The van der Waals surface area contributed by atoms with E-state index in [1.54, 1.807) is 18.2 Å². The van der Waals surface area contributed by atoms with Gasteiger partial charge in [-0.15, -0.1) is 0 Å². The molecule has 0 bridgehead atoms. The zero-order valence-electron chi connectivity index (χ0n) is 10.5. The van der Waals surface area contributed by atoms with Crippen LogP contribution >= 0.6 is 15.9 Å². The van der Waals surface area contributed by atoms with E-state index < -0.39 is 0 Å². The van der Waals surface area contributed by atoms with Crippen LogP contribution in [0.1, 0.15) is 0 Å². The Hall–Kier alpha value is -2.54. The lowest BCUT2D eigenvalue weighted by atomic mass is 10.2. The lowest BCUT2D eigenvalue weighted by molar-refractivity contribution is 0.403. The fraction of sp³-hybridized carbons (Fsp3) is 0. The summed E-state index contributed by atoms with van der Waals surface area (Å²) in [4.78, 5) is 4.17. The van der Waals surface area contributed by atoms with Crippen molar-refractivity contribution in [3.05, 3.63) is 40.9 Å². The highest BCUT2D eigenvalue weighted by atomic mass is 79.9. The van der Waals surface area contributed by atoms with Gasteiger partial charge in [-0.1, -0.05) is 21.1 Å². The van der Waals surface area contributed by atoms with Gasteiger partial charge in [-0.25, -0.2) is 0 Å². The molecule has 3 N–H and O–H groups in total. The van der Waals surface area contributed by atoms with Crippen LogP contribution < -0.4 is 0 Å². The maximum absolute atomic E-state index is 9.83. The smallest absolute Gasteiger partial charge is 0.262 e. The average Bonchev–Trinajstić information content (AvgIpc) is 2.94. The molecule has 0 spiro atoms. The molecule has 1 heterocycles. The molecule has 2 aromatic carbocycles. The Bertz CT molecular complexity index is 816. The third-order valence-corrected chi connectivity index (χ3v) is 3.34. The minimum absolute atomic E-state index is 0.0157. The molecule has 21 heavy (non-hydrogen) atoms. The summed E-state index contributed by atoms with van der Waals surface area (Å²) in [5, 5.41) is 32.4. The number of halogens is 1. The van der Waals surface area contributed by atoms with Gasteiger partial charge in [-0.2, -0.15) is 4.98 Å². The van der Waals surface area contributed by atoms with Gasteiger partial charge < -0.3 is 19.8 Å². The van der Waals surface area contributed by atoms with Crippen molar-refractivity contribution in [2.24, 2.45) is 0 Å². The molecule has 0 saturated carbocycles. The molecule has 0 aliphatic carbocycles. The first kappa shape index (κ1) is 13.4. The summed E-state index contributed by atoms with van der Waals surface area (Å²) in [7, 11) is 0. The Morgan fingerprint density at radius 3 is 2.43 bits per heavy atom. The number of hydrogen-bond donors (Lipinski definition) is 3. The number of phenolic OH excluding ortho intramolecular Hbond substituents is 3. The van der Waals surface area contributed by atoms with Gasteiger partial charge in [0.25, 0.3) is 5.89 Å². The summed E-state index contributed by atoms with van der Waals surface area (Å²) in [6, 6.07) is 9.05. The zero-order chi connectivity index (χ0) is 15.0. The predicted octanol–water partition coefficient (Wildman–Crippen LogP) is 3.28. The highest BCUT2D eigenvalue weighted by molar-refractivity contribution is 9.10. The van der Waals surface area contributed by atoms with Crippen LogP contribution in [0.4, 0.5) is 0 Å². The summed E-state index contributed by atoms with van der Waals surface area (Å²) >= 11 is 3.30. The van der Waals surface area contributed by atoms with Crippen LogP contribution in [0, 0.1) is 0 Å². The molecule has 3 rings (SSSR count). The van der Waals surface area contributed by atoms with Gasteiger partial charge in [-0.05, 0) is 36.4 Å². The molecule has 0 fully saturated rings. The summed E-state index contributed by atoms with van der Waals surface area (Å²) in [5.41, 5.74) is 0.876. The molecular formula is C14H9BrN2O4. The first-order valence-electron chi connectivity index (χ1n) is 5.89. The molecule has 106 valence electrons. The number of nitrogens with zero attached hydrogens (tertiary/aromatic N) is 2. The molecule has 0 radical (unpaired) electrons. The highest BCUT2D eigenvalue weighted by Crippen LogP contribution is 2.33. The van der Waals surface area contributed by atoms with Crippen molar-refractivity contribution in [1.82, 2.24) is 10.1 Å². The second kappa shape index (κ2) is 5.10. The van der Waals surface area contributed by atoms with Gasteiger partial charge in [0.1, 0.15) is 5.75 Å². The number of aromatic hydroxyl groups is 3. The van der Waals surface area contributed by atoms with E-state index in [1.165, 1.54) is 18.2 Å². The number of phenols is 3. The Labute approximate surface area is 127 Å².